The Hall–Kier alpha value is -0.260. The van der Waals surface area contributed by atoms with Crippen LogP contribution in [0.25, 0.3) is 0 Å². The molecule has 0 aliphatic carbocycles. The lowest BCUT2D eigenvalue weighted by molar-refractivity contribution is 0.400. The Morgan fingerprint density at radius 1 is 1.58 bits per heavy atom. The van der Waals surface area contributed by atoms with Crippen LogP contribution in [0.2, 0.25) is 0 Å². The Morgan fingerprint density at radius 3 is 2.83 bits per heavy atom. The van der Waals surface area contributed by atoms with Gasteiger partial charge in [-0.15, -0.1) is 0 Å². The van der Waals surface area contributed by atoms with Crippen LogP contribution in [0.1, 0.15) is 11.4 Å². The van der Waals surface area contributed by atoms with Crippen LogP contribution in [0, 0.1) is 3.95 Å². The van der Waals surface area contributed by atoms with E-state index in [0.717, 1.165) is 28.3 Å². The number of aromatic amines is 1. The van der Waals surface area contributed by atoms with E-state index in [-0.39, 0.29) is 0 Å². The van der Waals surface area contributed by atoms with Crippen LogP contribution in [0.5, 0.6) is 0 Å². The summed E-state index contributed by atoms with van der Waals surface area (Å²) < 4.78 is 0.773. The van der Waals surface area contributed by atoms with Gasteiger partial charge in [0.2, 0.25) is 0 Å². The minimum Gasteiger partial charge on any atom is -0.309 e. The number of H-pyrrole nitrogens is 1. The van der Waals surface area contributed by atoms with Gasteiger partial charge in [0.25, 0.3) is 0 Å². The molecule has 3 nitrogen and oxygen atoms in total. The first-order valence-corrected chi connectivity index (χ1v) is 5.10. The smallest absolute Gasteiger partial charge is 0.176 e. The van der Waals surface area contributed by atoms with Gasteiger partial charge in [-0.25, -0.2) is 0 Å². The van der Waals surface area contributed by atoms with E-state index in [1.165, 1.54) is 0 Å². The summed E-state index contributed by atoms with van der Waals surface area (Å²) >= 11 is 6.49. The van der Waals surface area contributed by atoms with Crippen LogP contribution in [-0.4, -0.2) is 35.7 Å². The highest BCUT2D eigenvalue weighted by molar-refractivity contribution is 7.73. The number of rotatable bonds is 4. The van der Waals surface area contributed by atoms with E-state index in [1.807, 2.05) is 0 Å². The fourth-order valence-electron chi connectivity index (χ4n) is 0.914. The third-order valence-corrected chi connectivity index (χ3v) is 2.63. The zero-order valence-corrected chi connectivity index (χ0v) is 8.97. The summed E-state index contributed by atoms with van der Waals surface area (Å²) in [6.07, 6.45) is 2.17. The number of aryl methyl sites for hydroxylation is 1. The quantitative estimate of drug-likeness (QED) is 0.756. The van der Waals surface area contributed by atoms with Crippen molar-refractivity contribution in [2.75, 3.05) is 20.6 Å². The molecule has 0 aliphatic rings. The lowest BCUT2D eigenvalue weighted by Gasteiger charge is -2.06. The van der Waals surface area contributed by atoms with Crippen molar-refractivity contribution in [2.45, 2.75) is 12.8 Å². The van der Waals surface area contributed by atoms with Crippen LogP contribution in [0.3, 0.4) is 0 Å². The van der Waals surface area contributed by atoms with E-state index in [1.54, 1.807) is 11.3 Å². The van der Waals surface area contributed by atoms with Gasteiger partial charge in [-0.3, -0.25) is 5.10 Å². The summed E-state index contributed by atoms with van der Waals surface area (Å²) in [6.45, 7) is 1.10. The van der Waals surface area contributed by atoms with E-state index in [4.69, 9.17) is 12.2 Å². The highest BCUT2D eigenvalue weighted by Crippen LogP contribution is 2.06. The normalized spacial score (nSPS) is 10.9. The average Bonchev–Trinajstić information content (AvgIpc) is 2.35. The second-order valence-electron chi connectivity index (χ2n) is 2.91. The van der Waals surface area contributed by atoms with Crippen LogP contribution in [0.15, 0.2) is 0 Å². The van der Waals surface area contributed by atoms with Crippen LogP contribution < -0.4 is 0 Å². The highest BCUT2D eigenvalue weighted by Gasteiger charge is 1.97. The van der Waals surface area contributed by atoms with Crippen LogP contribution >= 0.6 is 23.6 Å². The lowest BCUT2D eigenvalue weighted by atomic mass is 10.3. The maximum Gasteiger partial charge on any atom is 0.176 e. The Balaban J connectivity index is 2.29. The molecule has 1 heterocycles. The molecule has 0 saturated carbocycles. The molecule has 1 aromatic rings. The van der Waals surface area contributed by atoms with Gasteiger partial charge in [-0.05, 0) is 39.3 Å². The van der Waals surface area contributed by atoms with Crippen molar-refractivity contribution in [1.29, 1.82) is 0 Å². The van der Waals surface area contributed by atoms with Crippen LogP contribution in [0.4, 0.5) is 0 Å². The topological polar surface area (TPSA) is 31.9 Å². The van der Waals surface area contributed by atoms with Gasteiger partial charge in [0.05, 0.1) is 0 Å². The van der Waals surface area contributed by atoms with Gasteiger partial charge < -0.3 is 4.90 Å². The molecule has 0 amide bonds. The van der Waals surface area contributed by atoms with E-state index < -0.39 is 0 Å². The summed E-state index contributed by atoms with van der Waals surface area (Å²) in [6, 6.07) is 0. The molecule has 12 heavy (non-hydrogen) atoms. The van der Waals surface area contributed by atoms with E-state index in [9.17, 15) is 0 Å². The summed E-state index contributed by atoms with van der Waals surface area (Å²) in [5.41, 5.74) is 0. The Kier molecular flexibility index (Phi) is 3.84. The van der Waals surface area contributed by atoms with Crippen molar-refractivity contribution in [2.24, 2.45) is 0 Å². The largest absolute Gasteiger partial charge is 0.309 e. The minimum atomic E-state index is 0.773. The third-order valence-electron chi connectivity index (χ3n) is 1.48. The lowest BCUT2D eigenvalue weighted by Crippen LogP contribution is -2.13. The van der Waals surface area contributed by atoms with E-state index >= 15 is 0 Å². The number of nitrogens with zero attached hydrogens (tertiary/aromatic N) is 2. The predicted molar refractivity (Wildman–Crippen MR) is 54.2 cm³/mol. The second-order valence-corrected chi connectivity index (χ2v) is 4.66. The van der Waals surface area contributed by atoms with Crippen molar-refractivity contribution in [3.05, 3.63) is 8.96 Å². The molecule has 0 bridgehead atoms. The highest BCUT2D eigenvalue weighted by atomic mass is 32.1. The van der Waals surface area contributed by atoms with Crippen molar-refractivity contribution in [1.82, 2.24) is 15.1 Å². The maximum absolute atomic E-state index is 4.92. The van der Waals surface area contributed by atoms with Crippen molar-refractivity contribution in [3.8, 4) is 0 Å². The fraction of sp³-hybridized carbons (Fsp3) is 0.714. The zero-order valence-electron chi connectivity index (χ0n) is 7.33. The Morgan fingerprint density at radius 2 is 2.33 bits per heavy atom. The van der Waals surface area contributed by atoms with E-state index in [2.05, 4.69) is 29.2 Å². The molecule has 1 aromatic heterocycles. The fourth-order valence-corrected chi connectivity index (χ4v) is 1.89. The summed E-state index contributed by atoms with van der Waals surface area (Å²) in [5, 5.41) is 7.97. The van der Waals surface area contributed by atoms with Crippen molar-refractivity contribution in [3.63, 3.8) is 0 Å². The minimum absolute atomic E-state index is 0.773. The molecule has 0 aromatic carbocycles. The first-order valence-electron chi connectivity index (χ1n) is 3.87. The zero-order chi connectivity index (χ0) is 8.97. The molecule has 0 saturated heterocycles. The van der Waals surface area contributed by atoms with Crippen molar-refractivity contribution < 1.29 is 0 Å². The van der Waals surface area contributed by atoms with Gasteiger partial charge in [0.15, 0.2) is 3.95 Å². The Labute approximate surface area is 81.4 Å². The van der Waals surface area contributed by atoms with Gasteiger partial charge in [0.1, 0.15) is 5.01 Å². The number of hydrogen-bond donors (Lipinski definition) is 1. The molecule has 0 spiro atoms. The second kappa shape index (κ2) is 4.69. The molecule has 0 fully saturated rings. The molecule has 5 heteroatoms. The molecule has 0 atom stereocenters. The summed E-state index contributed by atoms with van der Waals surface area (Å²) in [5.74, 6) is 0. The van der Waals surface area contributed by atoms with Crippen molar-refractivity contribution >= 4 is 23.6 Å². The number of aromatic nitrogens is 2. The first kappa shape index (κ1) is 9.83. The monoisotopic (exact) mass is 203 g/mol. The van der Waals surface area contributed by atoms with Gasteiger partial charge in [0, 0.05) is 6.42 Å². The van der Waals surface area contributed by atoms with Gasteiger partial charge in [-0.1, -0.05) is 11.3 Å². The first-order chi connectivity index (χ1) is 5.68. The third kappa shape index (κ3) is 3.42. The standard InChI is InChI=1S/C7H13N3S2/c1-10(2)5-3-4-6-8-9-7(11)12-6/h3-5H2,1-2H3,(H,9,11). The predicted octanol–water partition coefficient (Wildman–Crippen LogP) is 1.69. The maximum atomic E-state index is 4.92. The molecule has 68 valence electrons. The number of hydrogen-bond acceptors (Lipinski definition) is 4. The molecule has 0 unspecified atom stereocenters. The molecular formula is C7H13N3S2. The molecular weight excluding hydrogens is 190 g/mol. The van der Waals surface area contributed by atoms with Gasteiger partial charge >= 0.3 is 0 Å². The van der Waals surface area contributed by atoms with Gasteiger partial charge in [-0.2, -0.15) is 5.10 Å². The molecule has 0 aliphatic heterocycles. The average molecular weight is 203 g/mol. The molecule has 0 radical (unpaired) electrons. The summed E-state index contributed by atoms with van der Waals surface area (Å²) in [4.78, 5) is 2.17. The molecule has 1 N–H and O–H groups in total. The Bertz CT molecular complexity index is 276. The SMILES string of the molecule is CN(C)CCCc1n[nH]c(=S)s1. The molecule has 1 rings (SSSR count). The number of nitrogens with one attached hydrogen (secondary N) is 1. The van der Waals surface area contributed by atoms with E-state index in [0.29, 0.717) is 0 Å². The van der Waals surface area contributed by atoms with Crippen LogP contribution in [-0.2, 0) is 6.42 Å². The summed E-state index contributed by atoms with van der Waals surface area (Å²) in [7, 11) is 4.15.